The lowest BCUT2D eigenvalue weighted by atomic mass is 9.81. The van der Waals surface area contributed by atoms with E-state index in [1.807, 2.05) is 6.07 Å². The van der Waals surface area contributed by atoms with E-state index in [4.69, 9.17) is 0 Å². The lowest BCUT2D eigenvalue weighted by Crippen LogP contribution is -2.22. The predicted octanol–water partition coefficient (Wildman–Crippen LogP) is 4.46. The van der Waals surface area contributed by atoms with Crippen molar-refractivity contribution < 1.29 is 18.0 Å². The second kappa shape index (κ2) is 10.1. The molecule has 0 spiro atoms. The summed E-state index contributed by atoms with van der Waals surface area (Å²) in [5, 5.41) is 5.66. The second-order valence-electron chi connectivity index (χ2n) is 9.31. The van der Waals surface area contributed by atoms with Crippen molar-refractivity contribution in [2.45, 2.75) is 62.2 Å². The monoisotopic (exact) mass is 468 g/mol. The normalized spacial score (nSPS) is 16.9. The smallest absolute Gasteiger partial charge is 0.251 e. The first-order valence-electron chi connectivity index (χ1n) is 11.8. The minimum atomic E-state index is -3.25. The molecule has 2 saturated carbocycles. The van der Waals surface area contributed by atoms with E-state index in [1.165, 1.54) is 6.42 Å². The number of hydrogen-bond acceptors (Lipinski definition) is 4. The fraction of sp³-hybridized carbons (Fsp3) is 0.462. The zero-order chi connectivity index (χ0) is 23.4. The fourth-order valence-corrected chi connectivity index (χ4v) is 6.33. The first kappa shape index (κ1) is 23.5. The Bertz CT molecular complexity index is 1120. The van der Waals surface area contributed by atoms with E-state index in [9.17, 15) is 18.0 Å². The summed E-state index contributed by atoms with van der Waals surface area (Å²) < 4.78 is 24.8. The van der Waals surface area contributed by atoms with Crippen LogP contribution in [0.5, 0.6) is 0 Å². The van der Waals surface area contributed by atoms with Crippen LogP contribution in [-0.2, 0) is 21.1 Å². The third kappa shape index (κ3) is 6.02. The molecule has 2 N–H and O–H groups in total. The van der Waals surface area contributed by atoms with Crippen LogP contribution in [0, 0.1) is 5.92 Å². The molecule has 0 bridgehead atoms. The van der Waals surface area contributed by atoms with Crippen molar-refractivity contribution in [3.8, 4) is 0 Å². The van der Waals surface area contributed by atoms with E-state index in [0.29, 0.717) is 28.0 Å². The Morgan fingerprint density at radius 1 is 0.939 bits per heavy atom. The van der Waals surface area contributed by atoms with Gasteiger partial charge in [0.1, 0.15) is 0 Å². The molecule has 33 heavy (non-hydrogen) atoms. The van der Waals surface area contributed by atoms with Crippen molar-refractivity contribution in [1.82, 2.24) is 5.32 Å². The van der Waals surface area contributed by atoms with E-state index in [1.54, 1.807) is 43.4 Å². The maximum absolute atomic E-state index is 12.7. The van der Waals surface area contributed by atoms with E-state index < -0.39 is 9.84 Å². The van der Waals surface area contributed by atoms with Crippen LogP contribution in [0.15, 0.2) is 47.4 Å². The Labute approximate surface area is 196 Å². The molecule has 2 aliphatic carbocycles. The van der Waals surface area contributed by atoms with E-state index >= 15 is 0 Å². The molecule has 2 fully saturated rings. The van der Waals surface area contributed by atoms with Gasteiger partial charge < -0.3 is 10.6 Å². The van der Waals surface area contributed by atoms with E-state index in [0.717, 1.165) is 49.7 Å². The van der Waals surface area contributed by atoms with Crippen LogP contribution >= 0.6 is 0 Å². The Morgan fingerprint density at radius 2 is 1.64 bits per heavy atom. The summed E-state index contributed by atoms with van der Waals surface area (Å²) in [5.41, 5.74) is 3.10. The largest absolute Gasteiger partial charge is 0.355 e. The molecule has 7 heteroatoms. The molecule has 0 aliphatic heterocycles. The van der Waals surface area contributed by atoms with E-state index in [2.05, 4.69) is 10.6 Å². The Morgan fingerprint density at radius 3 is 2.27 bits per heavy atom. The Hall–Kier alpha value is -2.67. The number of amides is 2. The highest BCUT2D eigenvalue weighted by Crippen LogP contribution is 2.36. The first-order valence-corrected chi connectivity index (χ1v) is 13.5. The van der Waals surface area contributed by atoms with Crippen molar-refractivity contribution in [2.24, 2.45) is 5.92 Å². The molecule has 2 amide bonds. The van der Waals surface area contributed by atoms with Gasteiger partial charge in [-0.15, -0.1) is 0 Å². The summed E-state index contributed by atoms with van der Waals surface area (Å²) in [6.07, 6.45) is 7.77. The number of hydrogen-bond donors (Lipinski definition) is 2. The van der Waals surface area contributed by atoms with Crippen molar-refractivity contribution >= 4 is 27.3 Å². The standard InChI is InChI=1S/C26H32N2O4S/c1-27-26(30)23-14-11-21(16-24(23)20-5-3-2-4-6-20)28-25(29)15-18-9-12-22(13-10-18)33(31,32)17-19-7-8-19/h9-14,16,19-20H,2-8,15,17H2,1H3,(H,27,30)(H,28,29). The number of carbonyl (C=O) groups excluding carboxylic acids is 2. The SMILES string of the molecule is CNC(=O)c1ccc(NC(=O)Cc2ccc(S(=O)(=O)CC3CC3)cc2)cc1C1CCCCC1. The quantitative estimate of drug-likeness (QED) is 0.598. The molecule has 0 atom stereocenters. The maximum Gasteiger partial charge on any atom is 0.251 e. The van der Waals surface area contributed by atoms with Gasteiger partial charge >= 0.3 is 0 Å². The number of carbonyl (C=O) groups is 2. The first-order chi connectivity index (χ1) is 15.9. The highest BCUT2D eigenvalue weighted by Gasteiger charge is 2.29. The van der Waals surface area contributed by atoms with Gasteiger partial charge in [-0.2, -0.15) is 0 Å². The van der Waals surface area contributed by atoms with Crippen molar-refractivity contribution in [1.29, 1.82) is 0 Å². The number of anilines is 1. The summed E-state index contributed by atoms with van der Waals surface area (Å²) in [7, 11) is -1.62. The highest BCUT2D eigenvalue weighted by atomic mass is 32.2. The highest BCUT2D eigenvalue weighted by molar-refractivity contribution is 7.91. The van der Waals surface area contributed by atoms with Crippen molar-refractivity contribution in [3.63, 3.8) is 0 Å². The van der Waals surface area contributed by atoms with Gasteiger partial charge in [0.25, 0.3) is 5.91 Å². The molecular formula is C26H32N2O4S. The number of benzene rings is 2. The molecule has 0 saturated heterocycles. The van der Waals surface area contributed by atoms with Gasteiger partial charge in [0.05, 0.1) is 17.1 Å². The van der Waals surface area contributed by atoms with Crippen LogP contribution in [0.4, 0.5) is 5.69 Å². The predicted molar refractivity (Wildman–Crippen MR) is 129 cm³/mol. The topological polar surface area (TPSA) is 92.3 Å². The van der Waals surface area contributed by atoms with Crippen molar-refractivity contribution in [2.75, 3.05) is 18.1 Å². The molecule has 0 radical (unpaired) electrons. The van der Waals surface area contributed by atoms with Gasteiger partial charge in [0.2, 0.25) is 5.91 Å². The minimum absolute atomic E-state index is 0.106. The molecule has 0 heterocycles. The molecule has 4 rings (SSSR count). The number of nitrogens with one attached hydrogen (secondary N) is 2. The zero-order valence-corrected chi connectivity index (χ0v) is 19.9. The van der Waals surface area contributed by atoms with Gasteiger partial charge in [0.15, 0.2) is 9.84 Å². The lowest BCUT2D eigenvalue weighted by molar-refractivity contribution is -0.115. The summed E-state index contributed by atoms with van der Waals surface area (Å²) in [6.45, 7) is 0. The van der Waals surface area contributed by atoms with Gasteiger partial charge in [-0.3, -0.25) is 9.59 Å². The van der Waals surface area contributed by atoms with Crippen LogP contribution < -0.4 is 10.6 Å². The van der Waals surface area contributed by atoms with Crippen LogP contribution in [0.25, 0.3) is 0 Å². The summed E-state index contributed by atoms with van der Waals surface area (Å²) >= 11 is 0. The van der Waals surface area contributed by atoms with Gasteiger partial charge in [-0.25, -0.2) is 8.42 Å². The molecule has 2 aromatic carbocycles. The van der Waals surface area contributed by atoms with Gasteiger partial charge in [-0.05, 0) is 79.0 Å². The maximum atomic E-state index is 12.7. The molecule has 0 aromatic heterocycles. The van der Waals surface area contributed by atoms with Crippen LogP contribution in [0.3, 0.4) is 0 Å². The average Bonchev–Trinajstić information content (AvgIpc) is 3.62. The zero-order valence-electron chi connectivity index (χ0n) is 19.1. The molecule has 0 unspecified atom stereocenters. The molecular weight excluding hydrogens is 436 g/mol. The third-order valence-corrected chi connectivity index (χ3v) is 8.55. The third-order valence-electron chi connectivity index (χ3n) is 6.65. The second-order valence-corrected chi connectivity index (χ2v) is 11.3. The summed E-state index contributed by atoms with van der Waals surface area (Å²) in [4.78, 5) is 25.4. The fourth-order valence-electron chi connectivity index (χ4n) is 4.63. The molecule has 2 aliphatic rings. The van der Waals surface area contributed by atoms with Crippen LogP contribution in [-0.4, -0.2) is 33.0 Å². The molecule has 2 aromatic rings. The summed E-state index contributed by atoms with van der Waals surface area (Å²) in [6, 6.07) is 12.1. The minimum Gasteiger partial charge on any atom is -0.355 e. The average molecular weight is 469 g/mol. The molecule has 6 nitrogen and oxygen atoms in total. The number of rotatable bonds is 8. The van der Waals surface area contributed by atoms with Crippen LogP contribution in [0.1, 0.15) is 72.3 Å². The van der Waals surface area contributed by atoms with Gasteiger partial charge in [-0.1, -0.05) is 31.4 Å². The molecule has 176 valence electrons. The van der Waals surface area contributed by atoms with Crippen molar-refractivity contribution in [3.05, 3.63) is 59.2 Å². The van der Waals surface area contributed by atoms with E-state index in [-0.39, 0.29) is 24.0 Å². The van der Waals surface area contributed by atoms with Crippen LogP contribution in [0.2, 0.25) is 0 Å². The van der Waals surface area contributed by atoms with Gasteiger partial charge in [0, 0.05) is 18.3 Å². The summed E-state index contributed by atoms with van der Waals surface area (Å²) in [5.74, 6) is 0.556. The lowest BCUT2D eigenvalue weighted by Gasteiger charge is -2.24. The Kier molecular flexibility index (Phi) is 7.17. The Balaban J connectivity index is 1.44. The number of sulfone groups is 1.